The zero-order chi connectivity index (χ0) is 15.4. The van der Waals surface area contributed by atoms with Gasteiger partial charge in [-0.3, -0.25) is 0 Å². The molecule has 1 fully saturated rings. The summed E-state index contributed by atoms with van der Waals surface area (Å²) in [5, 5.41) is 3.85. The van der Waals surface area contributed by atoms with Crippen LogP contribution in [0.5, 0.6) is 0 Å². The SMILES string of the molecule is COCc1noc(-c2ccc(N3CCC(COC)C3)nc2)n1. The fourth-order valence-corrected chi connectivity index (χ4v) is 2.67. The quantitative estimate of drug-likeness (QED) is 0.805. The van der Waals surface area contributed by atoms with Crippen molar-refractivity contribution in [1.82, 2.24) is 15.1 Å². The molecule has 0 aliphatic carbocycles. The number of anilines is 1. The van der Waals surface area contributed by atoms with E-state index in [1.165, 1.54) is 0 Å². The molecule has 2 aromatic rings. The van der Waals surface area contributed by atoms with E-state index in [0.29, 0.717) is 24.2 Å². The van der Waals surface area contributed by atoms with Crippen molar-refractivity contribution in [2.45, 2.75) is 13.0 Å². The highest BCUT2D eigenvalue weighted by Crippen LogP contribution is 2.24. The van der Waals surface area contributed by atoms with Crippen molar-refractivity contribution in [3.8, 4) is 11.5 Å². The summed E-state index contributed by atoms with van der Waals surface area (Å²) < 4.78 is 15.4. The van der Waals surface area contributed by atoms with Gasteiger partial charge in [0.2, 0.25) is 0 Å². The predicted octanol–water partition coefficient (Wildman–Crippen LogP) is 1.75. The van der Waals surface area contributed by atoms with Gasteiger partial charge in [0.25, 0.3) is 5.89 Å². The summed E-state index contributed by atoms with van der Waals surface area (Å²) in [6, 6.07) is 3.95. The molecule has 118 valence electrons. The minimum absolute atomic E-state index is 0.337. The second-order valence-corrected chi connectivity index (χ2v) is 5.41. The molecule has 3 rings (SSSR count). The standard InChI is InChI=1S/C15H20N4O3/c1-20-9-11-5-6-19(8-11)14-4-3-12(7-16-14)15-17-13(10-21-2)18-22-15/h3-4,7,11H,5-6,8-10H2,1-2H3. The van der Waals surface area contributed by atoms with E-state index < -0.39 is 0 Å². The van der Waals surface area contributed by atoms with Crippen LogP contribution in [0.25, 0.3) is 11.5 Å². The third-order valence-corrected chi connectivity index (χ3v) is 3.75. The monoisotopic (exact) mass is 304 g/mol. The lowest BCUT2D eigenvalue weighted by atomic mass is 10.1. The summed E-state index contributed by atoms with van der Waals surface area (Å²) in [5.74, 6) is 2.55. The summed E-state index contributed by atoms with van der Waals surface area (Å²) in [7, 11) is 3.34. The van der Waals surface area contributed by atoms with E-state index >= 15 is 0 Å². The molecule has 0 radical (unpaired) electrons. The molecule has 2 aromatic heterocycles. The molecule has 1 aliphatic rings. The van der Waals surface area contributed by atoms with E-state index in [1.807, 2.05) is 12.1 Å². The van der Waals surface area contributed by atoms with Gasteiger partial charge in [0.1, 0.15) is 12.4 Å². The fourth-order valence-electron chi connectivity index (χ4n) is 2.67. The number of hydrogen-bond acceptors (Lipinski definition) is 7. The van der Waals surface area contributed by atoms with Gasteiger partial charge in [-0.05, 0) is 18.6 Å². The summed E-state index contributed by atoms with van der Waals surface area (Å²) in [6.45, 7) is 3.14. The largest absolute Gasteiger partial charge is 0.384 e. The molecule has 0 N–H and O–H groups in total. The smallest absolute Gasteiger partial charge is 0.259 e. The number of rotatable bonds is 6. The molecule has 0 aromatic carbocycles. The fraction of sp³-hybridized carbons (Fsp3) is 0.533. The number of nitrogens with zero attached hydrogens (tertiary/aromatic N) is 4. The van der Waals surface area contributed by atoms with Crippen molar-refractivity contribution in [1.29, 1.82) is 0 Å². The van der Waals surface area contributed by atoms with E-state index in [4.69, 9.17) is 14.0 Å². The Hall–Kier alpha value is -1.99. The molecule has 22 heavy (non-hydrogen) atoms. The van der Waals surface area contributed by atoms with Crippen LogP contribution in [0.2, 0.25) is 0 Å². The van der Waals surface area contributed by atoms with E-state index in [0.717, 1.165) is 37.5 Å². The van der Waals surface area contributed by atoms with Crippen molar-refractivity contribution in [2.75, 3.05) is 38.8 Å². The van der Waals surface area contributed by atoms with Crippen LogP contribution in [-0.2, 0) is 16.1 Å². The van der Waals surface area contributed by atoms with Crippen molar-refractivity contribution in [3.05, 3.63) is 24.2 Å². The zero-order valence-electron chi connectivity index (χ0n) is 12.9. The predicted molar refractivity (Wildman–Crippen MR) is 80.4 cm³/mol. The Labute approximate surface area is 129 Å². The van der Waals surface area contributed by atoms with Crippen LogP contribution in [0, 0.1) is 5.92 Å². The van der Waals surface area contributed by atoms with E-state index in [1.54, 1.807) is 20.4 Å². The Morgan fingerprint density at radius 3 is 2.95 bits per heavy atom. The first-order valence-corrected chi connectivity index (χ1v) is 7.32. The molecule has 0 saturated carbocycles. The highest BCUT2D eigenvalue weighted by Gasteiger charge is 2.23. The van der Waals surface area contributed by atoms with Gasteiger partial charge in [-0.2, -0.15) is 4.98 Å². The summed E-state index contributed by atoms with van der Waals surface area (Å²) in [4.78, 5) is 11.0. The number of ether oxygens (including phenoxy) is 2. The van der Waals surface area contributed by atoms with Crippen molar-refractivity contribution < 1.29 is 14.0 Å². The van der Waals surface area contributed by atoms with Crippen LogP contribution in [0.1, 0.15) is 12.2 Å². The topological polar surface area (TPSA) is 73.5 Å². The van der Waals surface area contributed by atoms with Crippen LogP contribution < -0.4 is 4.90 Å². The van der Waals surface area contributed by atoms with Crippen LogP contribution in [0.3, 0.4) is 0 Å². The first-order valence-electron chi connectivity index (χ1n) is 7.32. The highest BCUT2D eigenvalue weighted by molar-refractivity contribution is 5.54. The van der Waals surface area contributed by atoms with Crippen LogP contribution in [-0.4, -0.2) is 49.0 Å². The second kappa shape index (κ2) is 6.85. The normalized spacial score (nSPS) is 18.1. The number of hydrogen-bond donors (Lipinski definition) is 0. The van der Waals surface area contributed by atoms with Gasteiger partial charge in [0.15, 0.2) is 5.82 Å². The van der Waals surface area contributed by atoms with Crippen LogP contribution in [0.4, 0.5) is 5.82 Å². The lowest BCUT2D eigenvalue weighted by molar-refractivity contribution is 0.161. The Morgan fingerprint density at radius 1 is 1.32 bits per heavy atom. The Bertz CT molecular complexity index is 599. The van der Waals surface area contributed by atoms with Crippen LogP contribution in [0.15, 0.2) is 22.9 Å². The number of pyridine rings is 1. The Morgan fingerprint density at radius 2 is 2.23 bits per heavy atom. The average molecular weight is 304 g/mol. The molecule has 1 unspecified atom stereocenters. The van der Waals surface area contributed by atoms with Gasteiger partial charge in [0, 0.05) is 39.4 Å². The minimum Gasteiger partial charge on any atom is -0.384 e. The maximum absolute atomic E-state index is 5.22. The van der Waals surface area contributed by atoms with Gasteiger partial charge in [-0.15, -0.1) is 0 Å². The molecule has 7 heteroatoms. The molecule has 1 atom stereocenters. The third-order valence-electron chi connectivity index (χ3n) is 3.75. The summed E-state index contributed by atoms with van der Waals surface area (Å²) in [6.07, 6.45) is 2.91. The Balaban J connectivity index is 1.67. The van der Waals surface area contributed by atoms with Gasteiger partial charge in [-0.25, -0.2) is 4.98 Å². The van der Waals surface area contributed by atoms with E-state index in [2.05, 4.69) is 20.0 Å². The molecular weight excluding hydrogens is 284 g/mol. The van der Waals surface area contributed by atoms with E-state index in [9.17, 15) is 0 Å². The van der Waals surface area contributed by atoms with Crippen LogP contribution >= 0.6 is 0 Å². The molecule has 1 aliphatic heterocycles. The molecule has 0 spiro atoms. The summed E-state index contributed by atoms with van der Waals surface area (Å²) >= 11 is 0. The zero-order valence-corrected chi connectivity index (χ0v) is 12.9. The van der Waals surface area contributed by atoms with Gasteiger partial charge in [-0.1, -0.05) is 5.16 Å². The van der Waals surface area contributed by atoms with Gasteiger partial charge < -0.3 is 18.9 Å². The maximum Gasteiger partial charge on any atom is 0.259 e. The highest BCUT2D eigenvalue weighted by atomic mass is 16.5. The first-order chi connectivity index (χ1) is 10.8. The molecule has 3 heterocycles. The number of aromatic nitrogens is 3. The maximum atomic E-state index is 5.22. The van der Waals surface area contributed by atoms with Gasteiger partial charge >= 0.3 is 0 Å². The second-order valence-electron chi connectivity index (χ2n) is 5.41. The van der Waals surface area contributed by atoms with E-state index in [-0.39, 0.29) is 0 Å². The minimum atomic E-state index is 0.337. The van der Waals surface area contributed by atoms with Gasteiger partial charge in [0.05, 0.1) is 12.2 Å². The molecule has 0 amide bonds. The Kier molecular flexibility index (Phi) is 4.65. The van der Waals surface area contributed by atoms with Crippen molar-refractivity contribution >= 4 is 5.82 Å². The van der Waals surface area contributed by atoms with Crippen molar-refractivity contribution in [3.63, 3.8) is 0 Å². The molecular formula is C15H20N4O3. The molecule has 0 bridgehead atoms. The average Bonchev–Trinajstić information content (AvgIpc) is 3.18. The lowest BCUT2D eigenvalue weighted by Gasteiger charge is -2.17. The number of methoxy groups -OCH3 is 2. The first kappa shape index (κ1) is 14.9. The lowest BCUT2D eigenvalue weighted by Crippen LogP contribution is -2.21. The summed E-state index contributed by atoms with van der Waals surface area (Å²) in [5.41, 5.74) is 0.811. The molecule has 7 nitrogen and oxygen atoms in total. The third kappa shape index (κ3) is 3.26. The van der Waals surface area contributed by atoms with Crippen molar-refractivity contribution in [2.24, 2.45) is 5.92 Å². The molecule has 1 saturated heterocycles.